The molecule has 9 heteroatoms. The minimum Gasteiger partial charge on any atom is -0.477 e. The zero-order chi connectivity index (χ0) is 14.2. The summed E-state index contributed by atoms with van der Waals surface area (Å²) in [7, 11) is 0. The van der Waals surface area contributed by atoms with Crippen molar-refractivity contribution in [3.63, 3.8) is 0 Å². The van der Waals surface area contributed by atoms with E-state index in [4.69, 9.17) is 16.7 Å². The summed E-state index contributed by atoms with van der Waals surface area (Å²) in [6.07, 6.45) is -3.56. The highest BCUT2D eigenvalue weighted by molar-refractivity contribution is 6.30. The van der Waals surface area contributed by atoms with Crippen LogP contribution in [0.1, 0.15) is 16.2 Å². The van der Waals surface area contributed by atoms with E-state index in [1.165, 1.54) is 18.3 Å². The molecule has 0 aliphatic rings. The molecule has 2 rings (SSSR count). The molecule has 2 aromatic rings. The lowest BCUT2D eigenvalue weighted by molar-refractivity contribution is -0.141. The molecule has 0 saturated heterocycles. The third-order valence-corrected chi connectivity index (χ3v) is 2.37. The second-order valence-corrected chi connectivity index (χ2v) is 3.90. The van der Waals surface area contributed by atoms with E-state index >= 15 is 0 Å². The van der Waals surface area contributed by atoms with Gasteiger partial charge < -0.3 is 5.11 Å². The lowest BCUT2D eigenvalue weighted by Gasteiger charge is -2.03. The Morgan fingerprint density at radius 2 is 2.05 bits per heavy atom. The molecule has 0 unspecified atom stereocenters. The monoisotopic (exact) mass is 291 g/mol. The van der Waals surface area contributed by atoms with Crippen LogP contribution in [-0.2, 0) is 6.18 Å². The average Bonchev–Trinajstić information content (AvgIpc) is 2.74. The van der Waals surface area contributed by atoms with Gasteiger partial charge in [0.25, 0.3) is 0 Å². The molecule has 0 aliphatic carbocycles. The van der Waals surface area contributed by atoms with Gasteiger partial charge >= 0.3 is 12.1 Å². The van der Waals surface area contributed by atoms with Crippen molar-refractivity contribution in [3.8, 4) is 5.82 Å². The molecule has 19 heavy (non-hydrogen) atoms. The lowest BCUT2D eigenvalue weighted by Crippen LogP contribution is -2.10. The number of alkyl halides is 3. The van der Waals surface area contributed by atoms with E-state index in [0.717, 1.165) is 0 Å². The number of halogens is 4. The van der Waals surface area contributed by atoms with Gasteiger partial charge in [0.05, 0.1) is 5.02 Å². The van der Waals surface area contributed by atoms with E-state index < -0.39 is 23.5 Å². The molecule has 0 bridgehead atoms. The molecule has 2 heterocycles. The van der Waals surface area contributed by atoms with Gasteiger partial charge in [-0.25, -0.2) is 14.5 Å². The van der Waals surface area contributed by atoms with Crippen LogP contribution in [0, 0.1) is 0 Å². The number of nitrogens with zero attached hydrogens (tertiary/aromatic N) is 3. The van der Waals surface area contributed by atoms with Gasteiger partial charge in [0, 0.05) is 12.3 Å². The summed E-state index contributed by atoms with van der Waals surface area (Å²) in [5.41, 5.74) is -1.94. The molecule has 2 aromatic heterocycles. The first kappa shape index (κ1) is 13.3. The summed E-state index contributed by atoms with van der Waals surface area (Å²) in [5.74, 6) is -1.61. The Morgan fingerprint density at radius 1 is 1.37 bits per heavy atom. The van der Waals surface area contributed by atoms with Gasteiger partial charge in [0.1, 0.15) is 0 Å². The molecule has 0 aliphatic heterocycles. The fourth-order valence-corrected chi connectivity index (χ4v) is 1.45. The van der Waals surface area contributed by atoms with E-state index in [1.54, 1.807) is 0 Å². The van der Waals surface area contributed by atoms with Crippen molar-refractivity contribution >= 4 is 17.6 Å². The molecule has 0 fully saturated rings. The molecule has 0 radical (unpaired) electrons. The van der Waals surface area contributed by atoms with Gasteiger partial charge in [0.15, 0.2) is 17.2 Å². The van der Waals surface area contributed by atoms with Crippen molar-refractivity contribution in [2.24, 2.45) is 0 Å². The number of rotatable bonds is 2. The number of hydrogen-bond donors (Lipinski definition) is 1. The van der Waals surface area contributed by atoms with Gasteiger partial charge in [-0.3, -0.25) is 0 Å². The number of hydrogen-bond acceptors (Lipinski definition) is 3. The maximum atomic E-state index is 12.5. The van der Waals surface area contributed by atoms with Gasteiger partial charge in [-0.05, 0) is 12.1 Å². The Balaban J connectivity index is 2.58. The largest absolute Gasteiger partial charge is 0.477 e. The molecule has 100 valence electrons. The molecule has 5 nitrogen and oxygen atoms in total. The summed E-state index contributed by atoms with van der Waals surface area (Å²) in [4.78, 5) is 14.6. The van der Waals surface area contributed by atoms with Gasteiger partial charge in [-0.15, -0.1) is 0 Å². The topological polar surface area (TPSA) is 68.0 Å². The Kier molecular flexibility index (Phi) is 3.19. The first-order valence-electron chi connectivity index (χ1n) is 4.81. The van der Waals surface area contributed by atoms with E-state index in [1.807, 2.05) is 0 Å². The predicted octanol–water partition coefficient (Wildman–Crippen LogP) is 2.64. The first-order valence-corrected chi connectivity index (χ1v) is 5.19. The van der Waals surface area contributed by atoms with Crippen LogP contribution in [0.5, 0.6) is 0 Å². The average molecular weight is 292 g/mol. The molecule has 0 spiro atoms. The zero-order valence-corrected chi connectivity index (χ0v) is 9.77. The van der Waals surface area contributed by atoms with Crippen LogP contribution in [0.4, 0.5) is 13.2 Å². The van der Waals surface area contributed by atoms with Crippen molar-refractivity contribution in [3.05, 3.63) is 40.8 Å². The van der Waals surface area contributed by atoms with Crippen molar-refractivity contribution in [1.29, 1.82) is 0 Å². The third-order valence-electron chi connectivity index (χ3n) is 2.15. The predicted molar refractivity (Wildman–Crippen MR) is 58.3 cm³/mol. The molecule has 0 atom stereocenters. The maximum Gasteiger partial charge on any atom is 0.435 e. The van der Waals surface area contributed by atoms with Crippen molar-refractivity contribution in [2.75, 3.05) is 0 Å². The Morgan fingerprint density at radius 3 is 2.53 bits per heavy atom. The molecule has 0 aromatic carbocycles. The first-order chi connectivity index (χ1) is 8.79. The normalized spacial score (nSPS) is 11.6. The van der Waals surface area contributed by atoms with E-state index in [0.29, 0.717) is 10.7 Å². The second kappa shape index (κ2) is 4.54. The Hall–Kier alpha value is -2.09. The number of aromatic nitrogens is 3. The fraction of sp³-hybridized carbons (Fsp3) is 0.100. The minimum atomic E-state index is -4.73. The van der Waals surface area contributed by atoms with Crippen molar-refractivity contribution in [2.45, 2.75) is 6.18 Å². The summed E-state index contributed by atoms with van der Waals surface area (Å²) < 4.78 is 38.1. The molecule has 0 saturated carbocycles. The molecule has 1 N–H and O–H groups in total. The highest BCUT2D eigenvalue weighted by atomic mass is 35.5. The van der Waals surface area contributed by atoms with Crippen LogP contribution in [0.15, 0.2) is 24.4 Å². The van der Waals surface area contributed by atoms with Crippen LogP contribution in [0.25, 0.3) is 5.82 Å². The molecular weight excluding hydrogens is 287 g/mol. The SMILES string of the molecule is O=C(O)c1cc(C(F)(F)F)nn1-c1ccc(Cl)cn1. The molecule has 0 amide bonds. The highest BCUT2D eigenvalue weighted by Gasteiger charge is 2.36. The van der Waals surface area contributed by atoms with Gasteiger partial charge in [-0.1, -0.05) is 11.6 Å². The number of carboxylic acids is 1. The summed E-state index contributed by atoms with van der Waals surface area (Å²) >= 11 is 5.59. The zero-order valence-electron chi connectivity index (χ0n) is 9.02. The second-order valence-electron chi connectivity index (χ2n) is 3.46. The van der Waals surface area contributed by atoms with Gasteiger partial charge in [-0.2, -0.15) is 18.3 Å². The summed E-state index contributed by atoms with van der Waals surface area (Å²) in [6.45, 7) is 0. The van der Waals surface area contributed by atoms with Crippen LogP contribution in [0.2, 0.25) is 5.02 Å². The minimum absolute atomic E-state index is 0.0719. The Labute approximate surface area is 109 Å². The smallest absolute Gasteiger partial charge is 0.435 e. The van der Waals surface area contributed by atoms with Crippen molar-refractivity contribution < 1.29 is 23.1 Å². The van der Waals surface area contributed by atoms with Crippen LogP contribution < -0.4 is 0 Å². The van der Waals surface area contributed by atoms with Crippen molar-refractivity contribution in [1.82, 2.24) is 14.8 Å². The quantitative estimate of drug-likeness (QED) is 0.923. The third kappa shape index (κ3) is 2.68. The highest BCUT2D eigenvalue weighted by Crippen LogP contribution is 2.29. The molecular formula is C10H5ClF3N3O2. The Bertz CT molecular complexity index is 622. The summed E-state index contributed by atoms with van der Waals surface area (Å²) in [6, 6.07) is 3.07. The van der Waals surface area contributed by atoms with Crippen LogP contribution in [0.3, 0.4) is 0 Å². The number of pyridine rings is 1. The van der Waals surface area contributed by atoms with E-state index in [-0.39, 0.29) is 10.8 Å². The van der Waals surface area contributed by atoms with E-state index in [2.05, 4.69) is 10.1 Å². The number of carboxylic acid groups (broad SMARTS) is 1. The fourth-order valence-electron chi connectivity index (χ4n) is 1.34. The number of carbonyl (C=O) groups is 1. The van der Waals surface area contributed by atoms with Crippen LogP contribution in [-0.4, -0.2) is 25.8 Å². The lowest BCUT2D eigenvalue weighted by atomic mass is 10.3. The number of aromatic carboxylic acids is 1. The van der Waals surface area contributed by atoms with Crippen LogP contribution >= 0.6 is 11.6 Å². The summed E-state index contributed by atoms with van der Waals surface area (Å²) in [5, 5.41) is 12.4. The standard InChI is InChI=1S/C10H5ClF3N3O2/c11-5-1-2-8(15-4-5)17-6(9(18)19)3-7(16-17)10(12,13)14/h1-4H,(H,18,19). The van der Waals surface area contributed by atoms with Gasteiger partial charge in [0.2, 0.25) is 0 Å². The van der Waals surface area contributed by atoms with E-state index in [9.17, 15) is 18.0 Å². The maximum absolute atomic E-state index is 12.5.